The number of anilines is 1. The fourth-order valence-corrected chi connectivity index (χ4v) is 2.42. The first kappa shape index (κ1) is 14.2. The minimum atomic E-state index is 0.338. The highest BCUT2D eigenvalue weighted by Gasteiger charge is 2.17. The van der Waals surface area contributed by atoms with Gasteiger partial charge < -0.3 is 15.2 Å². The topological polar surface area (TPSA) is 47.7 Å². The Labute approximate surface area is 115 Å². The Hall–Kier alpha value is -1.26. The highest BCUT2D eigenvalue weighted by atomic mass is 16.7. The van der Waals surface area contributed by atoms with Gasteiger partial charge in [0.25, 0.3) is 0 Å². The fraction of sp³-hybridized carbons (Fsp3) is 0.600. The van der Waals surface area contributed by atoms with Crippen LogP contribution in [-0.4, -0.2) is 24.8 Å². The van der Waals surface area contributed by atoms with Crippen molar-refractivity contribution in [2.24, 2.45) is 0 Å². The van der Waals surface area contributed by atoms with E-state index in [0.717, 1.165) is 36.6 Å². The van der Waals surface area contributed by atoms with Gasteiger partial charge in [-0.1, -0.05) is 20.3 Å². The summed E-state index contributed by atoms with van der Waals surface area (Å²) in [6.07, 6.45) is 2.44. The summed E-state index contributed by atoms with van der Waals surface area (Å²) >= 11 is 0. The predicted octanol–water partition coefficient (Wildman–Crippen LogP) is 2.76. The zero-order valence-corrected chi connectivity index (χ0v) is 11.9. The number of ether oxygens (including phenoxy) is 2. The first-order valence-corrected chi connectivity index (χ1v) is 7.08. The molecule has 0 fully saturated rings. The molecule has 0 aliphatic carbocycles. The van der Waals surface area contributed by atoms with Crippen molar-refractivity contribution in [3.63, 3.8) is 0 Å². The summed E-state index contributed by atoms with van der Waals surface area (Å²) in [6, 6.07) is 3.97. The van der Waals surface area contributed by atoms with Crippen molar-refractivity contribution in [1.82, 2.24) is 4.90 Å². The van der Waals surface area contributed by atoms with Crippen molar-refractivity contribution in [1.29, 1.82) is 0 Å². The molecule has 0 aromatic heterocycles. The van der Waals surface area contributed by atoms with E-state index in [0.29, 0.717) is 13.4 Å². The summed E-state index contributed by atoms with van der Waals surface area (Å²) in [7, 11) is 0. The van der Waals surface area contributed by atoms with Crippen LogP contribution in [0.4, 0.5) is 5.69 Å². The van der Waals surface area contributed by atoms with E-state index in [1.54, 1.807) is 0 Å². The van der Waals surface area contributed by atoms with Gasteiger partial charge in [0, 0.05) is 23.4 Å². The molecule has 2 rings (SSSR count). The van der Waals surface area contributed by atoms with E-state index in [4.69, 9.17) is 15.2 Å². The third kappa shape index (κ3) is 3.61. The average molecular weight is 264 g/mol. The van der Waals surface area contributed by atoms with Gasteiger partial charge in [-0.2, -0.15) is 0 Å². The molecule has 0 saturated carbocycles. The van der Waals surface area contributed by atoms with Crippen molar-refractivity contribution in [2.75, 3.05) is 25.6 Å². The second kappa shape index (κ2) is 6.78. The molecular formula is C15H24N2O2. The number of nitrogens with two attached hydrogens (primary N) is 1. The quantitative estimate of drug-likeness (QED) is 0.803. The van der Waals surface area contributed by atoms with Crippen LogP contribution < -0.4 is 10.5 Å². The smallest absolute Gasteiger partial charge is 0.189 e. The molecule has 0 saturated heterocycles. The fourth-order valence-electron chi connectivity index (χ4n) is 2.42. The predicted molar refractivity (Wildman–Crippen MR) is 77.0 cm³/mol. The molecule has 4 heteroatoms. The van der Waals surface area contributed by atoms with Gasteiger partial charge in [0.1, 0.15) is 5.75 Å². The molecule has 106 valence electrons. The third-order valence-electron chi connectivity index (χ3n) is 3.48. The normalized spacial score (nSPS) is 14.3. The molecule has 19 heavy (non-hydrogen) atoms. The largest absolute Gasteiger partial charge is 0.467 e. The summed E-state index contributed by atoms with van der Waals surface area (Å²) in [5.41, 5.74) is 9.00. The Kier molecular flexibility index (Phi) is 5.05. The van der Waals surface area contributed by atoms with Crippen LogP contribution in [-0.2, 0) is 17.9 Å². The number of fused-ring (bicyclic) bond motifs is 1. The van der Waals surface area contributed by atoms with Crippen molar-refractivity contribution >= 4 is 5.69 Å². The Morgan fingerprint density at radius 3 is 2.89 bits per heavy atom. The second-order valence-electron chi connectivity index (χ2n) is 5.00. The van der Waals surface area contributed by atoms with Crippen LogP contribution in [0.15, 0.2) is 12.1 Å². The van der Waals surface area contributed by atoms with E-state index in [9.17, 15) is 0 Å². The monoisotopic (exact) mass is 264 g/mol. The van der Waals surface area contributed by atoms with Crippen LogP contribution in [0, 0.1) is 0 Å². The second-order valence-corrected chi connectivity index (χ2v) is 5.00. The van der Waals surface area contributed by atoms with E-state index >= 15 is 0 Å². The Bertz CT molecular complexity index is 421. The lowest BCUT2D eigenvalue weighted by Gasteiger charge is -2.25. The molecule has 0 spiro atoms. The van der Waals surface area contributed by atoms with Gasteiger partial charge in [-0.15, -0.1) is 0 Å². The maximum Gasteiger partial charge on any atom is 0.189 e. The molecule has 0 bridgehead atoms. The molecule has 0 radical (unpaired) electrons. The molecular weight excluding hydrogens is 240 g/mol. The molecule has 4 nitrogen and oxygen atoms in total. The molecule has 1 heterocycles. The lowest BCUT2D eigenvalue weighted by atomic mass is 10.1. The maximum atomic E-state index is 5.97. The van der Waals surface area contributed by atoms with Crippen LogP contribution in [0.5, 0.6) is 5.75 Å². The number of benzene rings is 1. The van der Waals surface area contributed by atoms with Crippen molar-refractivity contribution < 1.29 is 9.47 Å². The SMILES string of the molecule is CCCCN(CC)Cc1cc(N)cc2c1OCOC2. The van der Waals surface area contributed by atoms with Gasteiger partial charge in [-0.05, 0) is 31.6 Å². The highest BCUT2D eigenvalue weighted by Crippen LogP contribution is 2.31. The average Bonchev–Trinajstić information content (AvgIpc) is 2.43. The van der Waals surface area contributed by atoms with Crippen molar-refractivity contribution in [3.05, 3.63) is 23.3 Å². The first-order valence-electron chi connectivity index (χ1n) is 7.08. The molecule has 0 unspecified atom stereocenters. The van der Waals surface area contributed by atoms with Gasteiger partial charge in [-0.3, -0.25) is 4.90 Å². The number of nitrogens with zero attached hydrogens (tertiary/aromatic N) is 1. The molecule has 1 aromatic rings. The van der Waals surface area contributed by atoms with Gasteiger partial charge in [0.2, 0.25) is 0 Å². The van der Waals surface area contributed by atoms with Crippen LogP contribution in [0.25, 0.3) is 0 Å². The lowest BCUT2D eigenvalue weighted by Crippen LogP contribution is -2.25. The van der Waals surface area contributed by atoms with E-state index in [1.165, 1.54) is 18.4 Å². The van der Waals surface area contributed by atoms with Gasteiger partial charge in [-0.25, -0.2) is 0 Å². The zero-order chi connectivity index (χ0) is 13.7. The standard InChI is InChI=1S/C15H24N2O2/c1-3-5-6-17(4-2)9-12-7-14(16)8-13-10-18-11-19-15(12)13/h7-8H,3-6,9-11,16H2,1-2H3. The van der Waals surface area contributed by atoms with E-state index in [1.807, 2.05) is 12.1 Å². The number of rotatable bonds is 6. The summed E-state index contributed by atoms with van der Waals surface area (Å²) in [5, 5.41) is 0. The van der Waals surface area contributed by atoms with Crippen LogP contribution in [0.1, 0.15) is 37.8 Å². The molecule has 2 N–H and O–H groups in total. The lowest BCUT2D eigenvalue weighted by molar-refractivity contribution is -0.0174. The Morgan fingerprint density at radius 1 is 1.32 bits per heavy atom. The highest BCUT2D eigenvalue weighted by molar-refractivity contribution is 5.53. The van der Waals surface area contributed by atoms with E-state index in [2.05, 4.69) is 18.7 Å². The van der Waals surface area contributed by atoms with Crippen LogP contribution in [0.2, 0.25) is 0 Å². The van der Waals surface area contributed by atoms with Gasteiger partial charge >= 0.3 is 0 Å². The number of hydrogen-bond acceptors (Lipinski definition) is 4. The molecule has 1 aliphatic heterocycles. The minimum Gasteiger partial charge on any atom is -0.467 e. The zero-order valence-electron chi connectivity index (χ0n) is 11.9. The third-order valence-corrected chi connectivity index (χ3v) is 3.48. The van der Waals surface area contributed by atoms with E-state index in [-0.39, 0.29) is 0 Å². The molecule has 0 atom stereocenters. The minimum absolute atomic E-state index is 0.338. The van der Waals surface area contributed by atoms with Crippen LogP contribution >= 0.6 is 0 Å². The molecule has 0 amide bonds. The van der Waals surface area contributed by atoms with E-state index < -0.39 is 0 Å². The summed E-state index contributed by atoms with van der Waals surface area (Å²) < 4.78 is 11.0. The molecule has 1 aliphatic rings. The summed E-state index contributed by atoms with van der Waals surface area (Å²) in [6.45, 7) is 8.39. The van der Waals surface area contributed by atoms with Crippen LogP contribution in [0.3, 0.4) is 0 Å². The van der Waals surface area contributed by atoms with Gasteiger partial charge in [0.05, 0.1) is 6.61 Å². The van der Waals surface area contributed by atoms with Gasteiger partial charge in [0.15, 0.2) is 6.79 Å². The Balaban J connectivity index is 2.16. The van der Waals surface area contributed by atoms with Crippen molar-refractivity contribution in [2.45, 2.75) is 39.8 Å². The Morgan fingerprint density at radius 2 is 2.16 bits per heavy atom. The first-order chi connectivity index (χ1) is 9.24. The van der Waals surface area contributed by atoms with Crippen molar-refractivity contribution in [3.8, 4) is 5.75 Å². The summed E-state index contributed by atoms with van der Waals surface area (Å²) in [4.78, 5) is 2.43. The number of unbranched alkanes of at least 4 members (excludes halogenated alkanes) is 1. The molecule has 1 aromatic carbocycles. The summed E-state index contributed by atoms with van der Waals surface area (Å²) in [5.74, 6) is 0.968. The maximum absolute atomic E-state index is 5.97. The number of hydrogen-bond donors (Lipinski definition) is 1. The number of nitrogen functional groups attached to an aromatic ring is 1.